The van der Waals surface area contributed by atoms with Crippen LogP contribution in [0.25, 0.3) is 0 Å². The zero-order chi connectivity index (χ0) is 12.3. The number of carbonyl (C=O) groups excluding carboxylic acids is 1. The molecule has 0 aliphatic carbocycles. The standard InChI is InChI=1S/C13H10Cl2O2/c14-10-4-3-9(13(15)7-10)6-11(16)8-12-2-1-5-17-12/h1-5,7H,6,8H2. The van der Waals surface area contributed by atoms with Crippen LogP contribution in [0.15, 0.2) is 41.0 Å². The molecule has 4 heteroatoms. The van der Waals surface area contributed by atoms with E-state index in [2.05, 4.69) is 0 Å². The van der Waals surface area contributed by atoms with Crippen LogP contribution in [0.1, 0.15) is 11.3 Å². The lowest BCUT2D eigenvalue weighted by Crippen LogP contribution is -2.06. The smallest absolute Gasteiger partial charge is 0.144 e. The van der Waals surface area contributed by atoms with E-state index >= 15 is 0 Å². The number of rotatable bonds is 4. The Morgan fingerprint density at radius 1 is 1.18 bits per heavy atom. The molecule has 0 atom stereocenters. The first-order chi connectivity index (χ1) is 8.15. The molecule has 0 fully saturated rings. The number of Topliss-reactive ketones (excluding diaryl/α,β-unsaturated/α-hetero) is 1. The fourth-order valence-corrected chi connectivity index (χ4v) is 2.02. The quantitative estimate of drug-likeness (QED) is 0.841. The molecule has 0 unspecified atom stereocenters. The zero-order valence-corrected chi connectivity index (χ0v) is 10.5. The maximum atomic E-state index is 11.8. The Morgan fingerprint density at radius 2 is 2.00 bits per heavy atom. The number of furan rings is 1. The second-order valence-corrected chi connectivity index (χ2v) is 4.55. The zero-order valence-electron chi connectivity index (χ0n) is 8.95. The first kappa shape index (κ1) is 12.2. The number of ketones is 1. The Kier molecular flexibility index (Phi) is 3.87. The normalized spacial score (nSPS) is 10.5. The van der Waals surface area contributed by atoms with Gasteiger partial charge in [0, 0.05) is 16.5 Å². The van der Waals surface area contributed by atoms with E-state index in [4.69, 9.17) is 27.6 Å². The molecule has 2 nitrogen and oxygen atoms in total. The molecule has 1 aromatic heterocycles. The molecule has 1 aromatic carbocycles. The molecular weight excluding hydrogens is 259 g/mol. The van der Waals surface area contributed by atoms with Crippen molar-refractivity contribution in [3.63, 3.8) is 0 Å². The molecule has 2 rings (SSSR count). The molecule has 0 N–H and O–H groups in total. The maximum absolute atomic E-state index is 11.8. The van der Waals surface area contributed by atoms with Gasteiger partial charge in [0.25, 0.3) is 0 Å². The largest absolute Gasteiger partial charge is 0.469 e. The Hall–Kier alpha value is -1.25. The van der Waals surface area contributed by atoms with Crippen LogP contribution in [-0.2, 0) is 17.6 Å². The van der Waals surface area contributed by atoms with Gasteiger partial charge in [-0.25, -0.2) is 0 Å². The van der Waals surface area contributed by atoms with E-state index in [-0.39, 0.29) is 18.6 Å². The molecule has 0 aliphatic rings. The lowest BCUT2D eigenvalue weighted by atomic mass is 10.1. The molecule has 2 aromatic rings. The summed E-state index contributed by atoms with van der Waals surface area (Å²) in [6.07, 6.45) is 2.13. The van der Waals surface area contributed by atoms with Crippen LogP contribution in [0.3, 0.4) is 0 Å². The highest BCUT2D eigenvalue weighted by atomic mass is 35.5. The summed E-state index contributed by atoms with van der Waals surface area (Å²) in [5.41, 5.74) is 0.785. The summed E-state index contributed by atoms with van der Waals surface area (Å²) >= 11 is 11.8. The predicted octanol–water partition coefficient (Wildman–Crippen LogP) is 3.94. The van der Waals surface area contributed by atoms with Gasteiger partial charge in [-0.05, 0) is 29.8 Å². The lowest BCUT2D eigenvalue weighted by molar-refractivity contribution is -0.118. The summed E-state index contributed by atoms with van der Waals surface area (Å²) < 4.78 is 5.12. The van der Waals surface area contributed by atoms with Gasteiger partial charge in [-0.15, -0.1) is 0 Å². The van der Waals surface area contributed by atoms with Gasteiger partial charge in [-0.3, -0.25) is 4.79 Å². The van der Waals surface area contributed by atoms with Crippen molar-refractivity contribution in [2.75, 3.05) is 0 Å². The number of carbonyl (C=O) groups is 1. The van der Waals surface area contributed by atoms with Crippen LogP contribution >= 0.6 is 23.2 Å². The van der Waals surface area contributed by atoms with Gasteiger partial charge in [-0.1, -0.05) is 29.3 Å². The summed E-state index contributed by atoms with van der Waals surface area (Å²) in [4.78, 5) is 11.8. The van der Waals surface area contributed by atoms with E-state index in [9.17, 15) is 4.79 Å². The lowest BCUT2D eigenvalue weighted by Gasteiger charge is -2.03. The monoisotopic (exact) mass is 268 g/mol. The van der Waals surface area contributed by atoms with E-state index < -0.39 is 0 Å². The molecular formula is C13H10Cl2O2. The van der Waals surface area contributed by atoms with Crippen molar-refractivity contribution in [3.8, 4) is 0 Å². The van der Waals surface area contributed by atoms with Crippen molar-refractivity contribution in [2.24, 2.45) is 0 Å². The number of halogens is 2. The first-order valence-electron chi connectivity index (χ1n) is 5.13. The third kappa shape index (κ3) is 3.35. The highest BCUT2D eigenvalue weighted by Crippen LogP contribution is 2.21. The van der Waals surface area contributed by atoms with Crippen molar-refractivity contribution in [2.45, 2.75) is 12.8 Å². The fraction of sp³-hybridized carbons (Fsp3) is 0.154. The fourth-order valence-electron chi connectivity index (χ4n) is 1.55. The molecule has 17 heavy (non-hydrogen) atoms. The minimum Gasteiger partial charge on any atom is -0.469 e. The minimum absolute atomic E-state index is 0.0594. The molecule has 0 saturated carbocycles. The van der Waals surface area contributed by atoms with Gasteiger partial charge < -0.3 is 4.42 Å². The predicted molar refractivity (Wildman–Crippen MR) is 67.6 cm³/mol. The van der Waals surface area contributed by atoms with Crippen LogP contribution < -0.4 is 0 Å². The molecule has 1 heterocycles. The van der Waals surface area contributed by atoms with Gasteiger partial charge >= 0.3 is 0 Å². The van der Waals surface area contributed by atoms with Crippen molar-refractivity contribution < 1.29 is 9.21 Å². The molecule has 0 spiro atoms. The second-order valence-electron chi connectivity index (χ2n) is 3.71. The van der Waals surface area contributed by atoms with Crippen molar-refractivity contribution in [1.82, 2.24) is 0 Å². The summed E-state index contributed by atoms with van der Waals surface area (Å²) in [5.74, 6) is 0.726. The molecule has 0 radical (unpaired) electrons. The van der Waals surface area contributed by atoms with E-state index in [0.29, 0.717) is 15.8 Å². The highest BCUT2D eigenvalue weighted by Gasteiger charge is 2.09. The Balaban J connectivity index is 2.03. The summed E-state index contributed by atoms with van der Waals surface area (Å²) in [7, 11) is 0. The average Bonchev–Trinajstić information content (AvgIpc) is 2.75. The van der Waals surface area contributed by atoms with E-state index in [1.54, 1.807) is 36.6 Å². The van der Waals surface area contributed by atoms with E-state index in [1.807, 2.05) is 0 Å². The van der Waals surface area contributed by atoms with Crippen molar-refractivity contribution >= 4 is 29.0 Å². The number of benzene rings is 1. The molecule has 0 bridgehead atoms. The Bertz CT molecular complexity index is 518. The van der Waals surface area contributed by atoms with Gasteiger partial charge in [0.05, 0.1) is 12.7 Å². The number of hydrogen-bond donors (Lipinski definition) is 0. The number of hydrogen-bond acceptors (Lipinski definition) is 2. The third-order valence-corrected chi connectivity index (χ3v) is 2.94. The Morgan fingerprint density at radius 3 is 2.65 bits per heavy atom. The van der Waals surface area contributed by atoms with Crippen LogP contribution in [-0.4, -0.2) is 5.78 Å². The Labute approximate surface area is 109 Å². The minimum atomic E-state index is 0.0594. The SMILES string of the molecule is O=C(Cc1ccco1)Cc1ccc(Cl)cc1Cl. The first-order valence-corrected chi connectivity index (χ1v) is 5.89. The summed E-state index contributed by atoms with van der Waals surface area (Å²) in [6.45, 7) is 0. The van der Waals surface area contributed by atoms with Crippen molar-refractivity contribution in [3.05, 3.63) is 58.0 Å². The molecule has 88 valence electrons. The van der Waals surface area contributed by atoms with Crippen LogP contribution in [0.5, 0.6) is 0 Å². The van der Waals surface area contributed by atoms with Gasteiger partial charge in [0.15, 0.2) is 0 Å². The summed E-state index contributed by atoms with van der Waals surface area (Å²) in [5, 5.41) is 1.09. The highest BCUT2D eigenvalue weighted by molar-refractivity contribution is 6.35. The average molecular weight is 269 g/mol. The van der Waals surface area contributed by atoms with Crippen LogP contribution in [0.2, 0.25) is 10.0 Å². The van der Waals surface area contributed by atoms with Crippen LogP contribution in [0.4, 0.5) is 0 Å². The van der Waals surface area contributed by atoms with Gasteiger partial charge in [0.2, 0.25) is 0 Å². The van der Waals surface area contributed by atoms with Crippen molar-refractivity contribution in [1.29, 1.82) is 0 Å². The molecule has 0 aliphatic heterocycles. The van der Waals surface area contributed by atoms with E-state index in [0.717, 1.165) is 5.56 Å². The van der Waals surface area contributed by atoms with Gasteiger partial charge in [-0.2, -0.15) is 0 Å². The van der Waals surface area contributed by atoms with Gasteiger partial charge in [0.1, 0.15) is 11.5 Å². The summed E-state index contributed by atoms with van der Waals surface area (Å²) in [6, 6.07) is 8.67. The topological polar surface area (TPSA) is 30.2 Å². The van der Waals surface area contributed by atoms with E-state index in [1.165, 1.54) is 0 Å². The van der Waals surface area contributed by atoms with Crippen LogP contribution in [0, 0.1) is 0 Å². The molecule has 0 saturated heterocycles. The third-order valence-electron chi connectivity index (χ3n) is 2.35. The maximum Gasteiger partial charge on any atom is 0.144 e. The second kappa shape index (κ2) is 5.39. The molecule has 0 amide bonds.